The van der Waals surface area contributed by atoms with Gasteiger partial charge in [-0.2, -0.15) is 0 Å². The van der Waals surface area contributed by atoms with E-state index in [1.165, 1.54) is 57.8 Å². The first-order valence-corrected chi connectivity index (χ1v) is 15.2. The molecule has 1 amide bonds. The Kier molecular flexibility index (Phi) is 10.6. The first-order chi connectivity index (χ1) is 18.4. The van der Waals surface area contributed by atoms with E-state index in [0.717, 1.165) is 18.4 Å². The molecule has 1 saturated carbocycles. The third-order valence-electron chi connectivity index (χ3n) is 8.38. The normalized spacial score (nSPS) is 34.4. The molecule has 7 unspecified atom stereocenters. The van der Waals surface area contributed by atoms with Crippen molar-refractivity contribution in [2.24, 2.45) is 5.92 Å². The predicted molar refractivity (Wildman–Crippen MR) is 147 cm³/mol. The number of carbonyl (C=O) groups is 2. The summed E-state index contributed by atoms with van der Waals surface area (Å²) in [5, 5.41) is 3.12. The van der Waals surface area contributed by atoms with Crippen molar-refractivity contribution in [2.45, 2.75) is 147 Å². The molecule has 0 aromatic carbocycles. The Hall–Kier alpha value is -1.54. The lowest BCUT2D eigenvalue weighted by Gasteiger charge is -2.27. The summed E-state index contributed by atoms with van der Waals surface area (Å²) < 4.78 is 24.1. The van der Waals surface area contributed by atoms with Gasteiger partial charge in [0.25, 0.3) is 0 Å². The van der Waals surface area contributed by atoms with E-state index in [1.54, 1.807) is 6.08 Å². The molecule has 3 aliphatic heterocycles. The van der Waals surface area contributed by atoms with Crippen LogP contribution in [0.15, 0.2) is 23.8 Å². The molecule has 0 aromatic rings. The van der Waals surface area contributed by atoms with Crippen molar-refractivity contribution in [3.63, 3.8) is 0 Å². The van der Waals surface area contributed by atoms with Gasteiger partial charge in [0.1, 0.15) is 30.0 Å². The van der Waals surface area contributed by atoms with Gasteiger partial charge in [-0.1, -0.05) is 96.3 Å². The molecule has 4 aliphatic rings. The van der Waals surface area contributed by atoms with Gasteiger partial charge in [-0.3, -0.25) is 9.59 Å². The van der Waals surface area contributed by atoms with E-state index in [9.17, 15) is 9.59 Å². The summed E-state index contributed by atoms with van der Waals surface area (Å²) in [6, 6.07) is -0.322. The van der Waals surface area contributed by atoms with Gasteiger partial charge in [0.15, 0.2) is 12.1 Å². The van der Waals surface area contributed by atoms with Crippen LogP contribution in [0.3, 0.4) is 0 Å². The van der Waals surface area contributed by atoms with Crippen LogP contribution in [0, 0.1) is 5.92 Å². The Balaban J connectivity index is 1.30. The Bertz CT molecular complexity index is 848. The van der Waals surface area contributed by atoms with Crippen molar-refractivity contribution in [2.75, 3.05) is 6.61 Å². The van der Waals surface area contributed by atoms with E-state index in [4.69, 9.17) is 18.9 Å². The van der Waals surface area contributed by atoms with Crippen LogP contribution in [-0.2, 0) is 28.5 Å². The number of hydrogen-bond acceptors (Lipinski definition) is 6. The number of carbonyl (C=O) groups excluding carboxylic acids is 2. The number of nitrogens with one attached hydrogen (secondary N) is 1. The average molecular weight is 532 g/mol. The molecule has 0 radical (unpaired) electrons. The number of fused-ring (bicyclic) bond motifs is 4. The third kappa shape index (κ3) is 7.35. The second-order valence-electron chi connectivity index (χ2n) is 11.8. The number of ketones is 1. The number of hydrogen-bond donors (Lipinski definition) is 1. The van der Waals surface area contributed by atoms with Gasteiger partial charge in [-0.15, -0.1) is 0 Å². The fourth-order valence-electron chi connectivity index (χ4n) is 6.15. The van der Waals surface area contributed by atoms with Gasteiger partial charge in [-0.05, 0) is 25.7 Å². The van der Waals surface area contributed by atoms with E-state index >= 15 is 0 Å². The lowest BCUT2D eigenvalue weighted by Crippen LogP contribution is -2.49. The van der Waals surface area contributed by atoms with Crippen molar-refractivity contribution >= 4 is 11.7 Å². The largest absolute Gasteiger partial charge is 0.358 e. The molecule has 38 heavy (non-hydrogen) atoms. The minimum atomic E-state index is -0.722. The van der Waals surface area contributed by atoms with Crippen LogP contribution >= 0.6 is 0 Å². The Morgan fingerprint density at radius 3 is 2.32 bits per heavy atom. The van der Waals surface area contributed by atoms with E-state index in [2.05, 4.69) is 32.2 Å². The maximum atomic E-state index is 12.9. The van der Waals surface area contributed by atoms with Crippen LogP contribution in [0.4, 0.5) is 0 Å². The molecular formula is C31H49NO6. The molecule has 3 heterocycles. The summed E-state index contributed by atoms with van der Waals surface area (Å²) in [7, 11) is 0. The van der Waals surface area contributed by atoms with Crippen LogP contribution in [0.5, 0.6) is 0 Å². The number of ether oxygens (including phenoxy) is 4. The van der Waals surface area contributed by atoms with Crippen molar-refractivity contribution in [3.8, 4) is 0 Å². The number of unbranched alkanes of at least 4 members (excludes halogenated alkanes) is 8. The SMILES string of the molecule is CCCCCCCCOC1OC2(CC1NC(=O)/C=C/C(C)=C\C(C)CCCCCC)C1OC1C(=O)C1OC12. The number of Topliss-reactive ketones (excluding diaryl/α,β-unsaturated/α-hetero) is 1. The maximum absolute atomic E-state index is 12.9. The molecule has 1 aliphatic carbocycles. The van der Waals surface area contributed by atoms with Crippen LogP contribution in [0.2, 0.25) is 0 Å². The Morgan fingerprint density at radius 1 is 1.00 bits per heavy atom. The van der Waals surface area contributed by atoms with E-state index in [1.807, 2.05) is 13.0 Å². The molecule has 0 aromatic heterocycles. The van der Waals surface area contributed by atoms with Gasteiger partial charge >= 0.3 is 0 Å². The lowest BCUT2D eigenvalue weighted by atomic mass is 9.81. The van der Waals surface area contributed by atoms with Gasteiger partial charge in [0.05, 0.1) is 6.04 Å². The highest BCUT2D eigenvalue weighted by molar-refractivity contribution is 5.94. The summed E-state index contributed by atoms with van der Waals surface area (Å²) in [6.07, 6.45) is 17.5. The first kappa shape index (κ1) is 29.4. The smallest absolute Gasteiger partial charge is 0.244 e. The van der Waals surface area contributed by atoms with E-state index < -0.39 is 24.1 Å². The molecule has 7 heteroatoms. The molecule has 4 fully saturated rings. The maximum Gasteiger partial charge on any atom is 0.244 e. The van der Waals surface area contributed by atoms with Crippen LogP contribution in [0.1, 0.15) is 105 Å². The fourth-order valence-corrected chi connectivity index (χ4v) is 6.15. The van der Waals surface area contributed by atoms with E-state index in [-0.39, 0.29) is 29.9 Å². The highest BCUT2D eigenvalue weighted by atomic mass is 16.7. The standard InChI is InChI=1S/C31H49NO6/c1-5-7-9-11-12-14-18-35-30-23(20-31(38-30)28-26(36-28)25(34)27-29(31)37-27)32-24(33)17-16-22(4)19-21(3)15-13-10-8-6-2/h16-17,19,21,23,26-30H,5-15,18,20H2,1-4H3,(H,32,33)/b17-16+,22-19-. The van der Waals surface area contributed by atoms with E-state index in [0.29, 0.717) is 18.9 Å². The zero-order valence-corrected chi connectivity index (χ0v) is 23.9. The predicted octanol–water partition coefficient (Wildman–Crippen LogP) is 5.56. The van der Waals surface area contributed by atoms with Gasteiger partial charge in [-0.25, -0.2) is 0 Å². The summed E-state index contributed by atoms with van der Waals surface area (Å²) in [6.45, 7) is 9.30. The zero-order valence-electron chi connectivity index (χ0n) is 23.9. The molecule has 4 rings (SSSR count). The van der Waals surface area contributed by atoms with Crippen molar-refractivity contribution in [1.82, 2.24) is 5.32 Å². The Labute approximate surface area is 229 Å². The highest BCUT2D eigenvalue weighted by Crippen LogP contribution is 2.57. The van der Waals surface area contributed by atoms with Gasteiger partial charge in [0.2, 0.25) is 5.91 Å². The van der Waals surface area contributed by atoms with Crippen LogP contribution in [0.25, 0.3) is 0 Å². The number of allylic oxidation sites excluding steroid dienone is 3. The van der Waals surface area contributed by atoms with Crippen molar-refractivity contribution in [3.05, 3.63) is 23.8 Å². The minimum Gasteiger partial charge on any atom is -0.358 e. The van der Waals surface area contributed by atoms with Gasteiger partial charge < -0.3 is 24.3 Å². The minimum absolute atomic E-state index is 0.0241. The average Bonchev–Trinajstić information content (AvgIpc) is 3.81. The quantitative estimate of drug-likeness (QED) is 0.114. The fraction of sp³-hybridized carbons (Fsp3) is 0.806. The number of epoxide rings is 2. The third-order valence-corrected chi connectivity index (χ3v) is 8.38. The lowest BCUT2D eigenvalue weighted by molar-refractivity contribution is -0.186. The summed E-state index contributed by atoms with van der Waals surface area (Å²) >= 11 is 0. The first-order valence-electron chi connectivity index (χ1n) is 15.2. The summed E-state index contributed by atoms with van der Waals surface area (Å²) in [4.78, 5) is 25.2. The summed E-state index contributed by atoms with van der Waals surface area (Å²) in [5.74, 6) is 0.353. The summed E-state index contributed by atoms with van der Waals surface area (Å²) in [5.41, 5.74) is 0.368. The van der Waals surface area contributed by atoms with Crippen LogP contribution in [-0.4, -0.2) is 60.6 Å². The molecule has 7 nitrogen and oxygen atoms in total. The van der Waals surface area contributed by atoms with Crippen LogP contribution < -0.4 is 5.32 Å². The van der Waals surface area contributed by atoms with Gasteiger partial charge in [0, 0.05) is 19.1 Å². The molecule has 0 bridgehead atoms. The number of amides is 1. The Morgan fingerprint density at radius 2 is 1.63 bits per heavy atom. The van der Waals surface area contributed by atoms with Crippen molar-refractivity contribution < 1.29 is 28.5 Å². The van der Waals surface area contributed by atoms with Crippen molar-refractivity contribution in [1.29, 1.82) is 0 Å². The zero-order chi connectivity index (χ0) is 27.1. The molecule has 1 spiro atoms. The molecule has 214 valence electrons. The number of rotatable bonds is 17. The molecule has 3 saturated heterocycles. The highest BCUT2D eigenvalue weighted by Gasteiger charge is 2.79. The second-order valence-corrected chi connectivity index (χ2v) is 11.8. The monoisotopic (exact) mass is 531 g/mol. The molecular weight excluding hydrogens is 482 g/mol. The second kappa shape index (κ2) is 13.7. The molecule has 1 N–H and O–H groups in total. The molecule has 7 atom stereocenters. The topological polar surface area (TPSA) is 89.7 Å².